The number of hydrogen-bond donors (Lipinski definition) is 0. The zero-order valence-corrected chi connectivity index (χ0v) is 25.5. The van der Waals surface area contributed by atoms with Crippen LogP contribution in [0.3, 0.4) is 0 Å². The summed E-state index contributed by atoms with van der Waals surface area (Å²) in [6, 6.07) is 51.8. The lowest BCUT2D eigenvalue weighted by Crippen LogP contribution is -2.23. The molecule has 0 saturated carbocycles. The fraction of sp³-hybridized carbons (Fsp3) is 0.0732. The Morgan fingerprint density at radius 1 is 0.477 bits per heavy atom. The molecule has 0 aliphatic carbocycles. The number of nitrogens with zero attached hydrogens (tertiary/aromatic N) is 2. The van der Waals surface area contributed by atoms with E-state index in [2.05, 4.69) is 135 Å². The molecule has 2 nitrogen and oxygen atoms in total. The Hall–Kier alpha value is -4.99. The molecule has 1 aromatic heterocycles. The van der Waals surface area contributed by atoms with Crippen LogP contribution < -0.4 is 0 Å². The summed E-state index contributed by atoms with van der Waals surface area (Å²) < 4.78 is 0. The molecule has 0 spiro atoms. The van der Waals surface area contributed by atoms with Gasteiger partial charge in [0.25, 0.3) is 0 Å². The molecule has 0 fully saturated rings. The van der Waals surface area contributed by atoms with E-state index in [0.717, 1.165) is 33.5 Å². The molecule has 0 atom stereocenters. The molecule has 0 saturated heterocycles. The molecule has 0 N–H and O–H groups in total. The highest BCUT2D eigenvalue weighted by atomic mass is 32.2. The topological polar surface area (TPSA) is 25.8 Å². The van der Waals surface area contributed by atoms with Gasteiger partial charge in [0, 0.05) is 31.7 Å². The standard InChI is InChI=1S/C41H30N2S/c1-41(2)34-17-9-11-19-37(34)44-38-26-30(24-25-35(38)41)32-15-7-6-14-31(32)27-20-22-28(23-21-27)39-33-16-8-10-18-36(33)42-40(43-39)29-12-4-3-5-13-29/h3-26H,1-2H3. The highest BCUT2D eigenvalue weighted by molar-refractivity contribution is 7.99. The Morgan fingerprint density at radius 3 is 1.91 bits per heavy atom. The molecule has 44 heavy (non-hydrogen) atoms. The van der Waals surface area contributed by atoms with Crippen molar-refractivity contribution in [2.24, 2.45) is 0 Å². The second-order valence-electron chi connectivity index (χ2n) is 11.8. The maximum Gasteiger partial charge on any atom is 0.160 e. The first-order chi connectivity index (χ1) is 21.6. The quantitative estimate of drug-likeness (QED) is 0.206. The van der Waals surface area contributed by atoms with Crippen molar-refractivity contribution >= 4 is 22.7 Å². The van der Waals surface area contributed by atoms with Gasteiger partial charge in [0.15, 0.2) is 5.82 Å². The summed E-state index contributed by atoms with van der Waals surface area (Å²) in [5.74, 6) is 0.741. The minimum Gasteiger partial charge on any atom is -0.228 e. The SMILES string of the molecule is CC1(C)c2ccccc2Sc2cc(-c3ccccc3-c3ccc(-c4nc(-c5ccccc5)nc5ccccc45)cc3)ccc21. The molecule has 2 heterocycles. The summed E-state index contributed by atoms with van der Waals surface area (Å²) in [4.78, 5) is 12.6. The first-order valence-corrected chi connectivity index (χ1v) is 15.8. The Morgan fingerprint density at radius 2 is 1.09 bits per heavy atom. The fourth-order valence-electron chi connectivity index (χ4n) is 6.43. The van der Waals surface area contributed by atoms with Crippen molar-refractivity contribution in [3.8, 4) is 44.9 Å². The highest BCUT2D eigenvalue weighted by Crippen LogP contribution is 2.50. The molecule has 6 aromatic carbocycles. The summed E-state index contributed by atoms with van der Waals surface area (Å²) in [7, 11) is 0. The number of benzene rings is 6. The van der Waals surface area contributed by atoms with Crippen LogP contribution in [-0.4, -0.2) is 9.97 Å². The summed E-state index contributed by atoms with van der Waals surface area (Å²) in [6.45, 7) is 4.67. The van der Waals surface area contributed by atoms with Crippen LogP contribution in [0.25, 0.3) is 55.8 Å². The molecule has 3 heteroatoms. The lowest BCUT2D eigenvalue weighted by atomic mass is 9.77. The van der Waals surface area contributed by atoms with Gasteiger partial charge in [-0.05, 0) is 51.6 Å². The smallest absolute Gasteiger partial charge is 0.160 e. The van der Waals surface area contributed by atoms with E-state index in [1.165, 1.54) is 43.2 Å². The number of fused-ring (bicyclic) bond motifs is 3. The van der Waals surface area contributed by atoms with E-state index < -0.39 is 0 Å². The molecule has 0 unspecified atom stereocenters. The van der Waals surface area contributed by atoms with E-state index in [1.807, 2.05) is 36.0 Å². The molecular formula is C41H30N2S. The first-order valence-electron chi connectivity index (χ1n) is 15.0. The number of rotatable bonds is 4. The first kappa shape index (κ1) is 26.6. The normalized spacial score (nSPS) is 13.3. The Balaban J connectivity index is 1.18. The molecule has 7 aromatic rings. The molecule has 1 aliphatic rings. The van der Waals surface area contributed by atoms with Gasteiger partial charge < -0.3 is 0 Å². The molecule has 0 radical (unpaired) electrons. The molecule has 8 rings (SSSR count). The van der Waals surface area contributed by atoms with Crippen LogP contribution in [0.1, 0.15) is 25.0 Å². The number of hydrogen-bond acceptors (Lipinski definition) is 3. The Kier molecular flexibility index (Phi) is 6.43. The van der Waals surface area contributed by atoms with Gasteiger partial charge in [-0.15, -0.1) is 0 Å². The predicted molar refractivity (Wildman–Crippen MR) is 184 cm³/mol. The van der Waals surface area contributed by atoms with Crippen molar-refractivity contribution < 1.29 is 0 Å². The Labute approximate surface area is 262 Å². The van der Waals surface area contributed by atoms with E-state index in [-0.39, 0.29) is 5.41 Å². The van der Waals surface area contributed by atoms with Gasteiger partial charge in [-0.2, -0.15) is 0 Å². The second kappa shape index (κ2) is 10.6. The van der Waals surface area contributed by atoms with Crippen molar-refractivity contribution in [1.29, 1.82) is 0 Å². The maximum absolute atomic E-state index is 5.06. The van der Waals surface area contributed by atoms with Crippen molar-refractivity contribution in [2.45, 2.75) is 29.1 Å². The molecular weight excluding hydrogens is 553 g/mol. The van der Waals surface area contributed by atoms with Gasteiger partial charge in [0.2, 0.25) is 0 Å². The summed E-state index contributed by atoms with van der Waals surface area (Å²) in [5.41, 5.74) is 11.6. The van der Waals surface area contributed by atoms with Gasteiger partial charge >= 0.3 is 0 Å². The van der Waals surface area contributed by atoms with Gasteiger partial charge in [-0.1, -0.05) is 153 Å². The summed E-state index contributed by atoms with van der Waals surface area (Å²) in [6.07, 6.45) is 0. The van der Waals surface area contributed by atoms with E-state index in [9.17, 15) is 0 Å². The monoisotopic (exact) mass is 582 g/mol. The summed E-state index contributed by atoms with van der Waals surface area (Å²) >= 11 is 1.88. The van der Waals surface area contributed by atoms with E-state index in [1.54, 1.807) is 0 Å². The van der Waals surface area contributed by atoms with Crippen molar-refractivity contribution in [3.63, 3.8) is 0 Å². The highest BCUT2D eigenvalue weighted by Gasteiger charge is 2.33. The average molecular weight is 583 g/mol. The maximum atomic E-state index is 5.06. The Bertz CT molecular complexity index is 2160. The lowest BCUT2D eigenvalue weighted by Gasteiger charge is -2.34. The molecule has 210 valence electrons. The minimum atomic E-state index is -0.0312. The third kappa shape index (κ3) is 4.52. The van der Waals surface area contributed by atoms with Crippen LogP contribution >= 0.6 is 11.8 Å². The van der Waals surface area contributed by atoms with Crippen LogP contribution in [0.5, 0.6) is 0 Å². The summed E-state index contributed by atoms with van der Waals surface area (Å²) in [5, 5.41) is 1.05. The minimum absolute atomic E-state index is 0.0312. The third-order valence-corrected chi connectivity index (χ3v) is 9.91. The van der Waals surface area contributed by atoms with Gasteiger partial charge in [-0.25, -0.2) is 9.97 Å². The van der Waals surface area contributed by atoms with E-state index in [4.69, 9.17) is 9.97 Å². The lowest BCUT2D eigenvalue weighted by molar-refractivity contribution is 0.607. The van der Waals surface area contributed by atoms with Crippen molar-refractivity contribution in [1.82, 2.24) is 9.97 Å². The number of para-hydroxylation sites is 1. The van der Waals surface area contributed by atoms with Crippen LogP contribution in [0.15, 0.2) is 155 Å². The fourth-order valence-corrected chi connectivity index (χ4v) is 7.87. The van der Waals surface area contributed by atoms with Crippen LogP contribution in [0.2, 0.25) is 0 Å². The average Bonchev–Trinajstić information content (AvgIpc) is 3.08. The van der Waals surface area contributed by atoms with Crippen molar-refractivity contribution in [2.75, 3.05) is 0 Å². The van der Waals surface area contributed by atoms with Gasteiger partial charge in [0.1, 0.15) is 0 Å². The predicted octanol–water partition coefficient (Wildman–Crippen LogP) is 11.1. The van der Waals surface area contributed by atoms with Crippen LogP contribution in [0, 0.1) is 0 Å². The third-order valence-electron chi connectivity index (χ3n) is 8.78. The molecule has 0 amide bonds. The van der Waals surface area contributed by atoms with Crippen molar-refractivity contribution in [3.05, 3.63) is 157 Å². The molecule has 1 aliphatic heterocycles. The zero-order chi connectivity index (χ0) is 29.7. The molecule has 0 bridgehead atoms. The van der Waals surface area contributed by atoms with Gasteiger partial charge in [-0.3, -0.25) is 0 Å². The largest absolute Gasteiger partial charge is 0.228 e. The van der Waals surface area contributed by atoms with E-state index in [0.29, 0.717) is 0 Å². The van der Waals surface area contributed by atoms with Gasteiger partial charge in [0.05, 0.1) is 11.2 Å². The van der Waals surface area contributed by atoms with Crippen LogP contribution in [0.4, 0.5) is 0 Å². The second-order valence-corrected chi connectivity index (χ2v) is 12.9. The van der Waals surface area contributed by atoms with E-state index >= 15 is 0 Å². The van der Waals surface area contributed by atoms with Crippen LogP contribution in [-0.2, 0) is 5.41 Å². The zero-order valence-electron chi connectivity index (χ0n) is 24.7. The number of aromatic nitrogens is 2.